The van der Waals surface area contributed by atoms with Gasteiger partial charge in [0.1, 0.15) is 11.6 Å². The summed E-state index contributed by atoms with van der Waals surface area (Å²) in [4.78, 5) is 14.8. The van der Waals surface area contributed by atoms with Crippen LogP contribution in [0.1, 0.15) is 43.0 Å². The van der Waals surface area contributed by atoms with Gasteiger partial charge < -0.3 is 10.2 Å². The molecule has 1 N–H and O–H groups in total. The number of halogens is 3. The quantitative estimate of drug-likeness (QED) is 0.631. The van der Waals surface area contributed by atoms with Crippen molar-refractivity contribution in [2.45, 2.75) is 38.6 Å². The lowest BCUT2D eigenvalue weighted by molar-refractivity contribution is -0.0331. The fourth-order valence-corrected chi connectivity index (χ4v) is 6.53. The molecular weight excluding hydrogens is 436 g/mol. The second-order valence-corrected chi connectivity index (χ2v) is 10.8. The van der Waals surface area contributed by atoms with Crippen LogP contribution in [0.2, 0.25) is 5.02 Å². The van der Waals surface area contributed by atoms with Crippen LogP contribution >= 0.6 is 11.6 Å². The fourth-order valence-electron chi connectivity index (χ4n) is 4.61. The zero-order valence-corrected chi connectivity index (χ0v) is 18.8. The van der Waals surface area contributed by atoms with Crippen molar-refractivity contribution in [1.82, 2.24) is 14.5 Å². The van der Waals surface area contributed by atoms with Crippen LogP contribution in [-0.2, 0) is 10.0 Å². The first-order valence-corrected chi connectivity index (χ1v) is 12.2. The van der Waals surface area contributed by atoms with Crippen molar-refractivity contribution in [3.8, 4) is 0 Å². The smallest absolute Gasteiger partial charge is 0.255 e. The van der Waals surface area contributed by atoms with Gasteiger partial charge in [-0.3, -0.25) is 4.79 Å². The first-order valence-electron chi connectivity index (χ1n) is 10.2. The van der Waals surface area contributed by atoms with Gasteiger partial charge in [0.05, 0.1) is 16.3 Å². The van der Waals surface area contributed by atoms with Crippen molar-refractivity contribution in [2.24, 2.45) is 5.41 Å². The van der Waals surface area contributed by atoms with E-state index in [1.807, 2.05) is 14.0 Å². The fraction of sp³-hybridized carbons (Fsp3) is 0.650. The maximum atomic E-state index is 14.1. The molecule has 2 aliphatic rings. The Morgan fingerprint density at radius 2 is 1.93 bits per heavy atom. The molecular formula is C20H28ClF2N3O3S. The van der Waals surface area contributed by atoms with Gasteiger partial charge in [0.15, 0.2) is 0 Å². The van der Waals surface area contributed by atoms with Crippen molar-refractivity contribution in [2.75, 3.05) is 39.0 Å². The van der Waals surface area contributed by atoms with E-state index in [1.54, 1.807) is 0 Å². The van der Waals surface area contributed by atoms with Gasteiger partial charge in [0.25, 0.3) is 5.91 Å². The van der Waals surface area contributed by atoms with Gasteiger partial charge in [-0.1, -0.05) is 24.9 Å². The van der Waals surface area contributed by atoms with Gasteiger partial charge >= 0.3 is 0 Å². The summed E-state index contributed by atoms with van der Waals surface area (Å²) in [5, 5.41) is 2.14. The maximum Gasteiger partial charge on any atom is 0.255 e. The number of sulfonamides is 1. The monoisotopic (exact) mass is 463 g/mol. The molecule has 1 aromatic carbocycles. The second-order valence-electron chi connectivity index (χ2n) is 8.34. The molecule has 1 unspecified atom stereocenters. The van der Waals surface area contributed by atoms with E-state index in [-0.39, 0.29) is 18.3 Å². The van der Waals surface area contributed by atoms with Crippen molar-refractivity contribution in [1.29, 1.82) is 0 Å². The van der Waals surface area contributed by atoms with E-state index < -0.39 is 43.6 Å². The first-order chi connectivity index (χ1) is 14.1. The predicted molar refractivity (Wildman–Crippen MR) is 112 cm³/mol. The van der Waals surface area contributed by atoms with Gasteiger partial charge in [-0.25, -0.2) is 21.5 Å². The third-order valence-corrected chi connectivity index (χ3v) is 8.53. The number of amides is 1. The molecule has 1 aromatic rings. The van der Waals surface area contributed by atoms with Crippen molar-refractivity contribution in [3.63, 3.8) is 0 Å². The lowest BCUT2D eigenvalue weighted by Crippen LogP contribution is -2.70. The summed E-state index contributed by atoms with van der Waals surface area (Å²) in [5.41, 5.74) is -1.01. The molecule has 0 spiro atoms. The van der Waals surface area contributed by atoms with Gasteiger partial charge in [-0.15, -0.1) is 0 Å². The topological polar surface area (TPSA) is 69.7 Å². The number of hydrogen-bond donors (Lipinski definition) is 1. The molecule has 2 saturated heterocycles. The summed E-state index contributed by atoms with van der Waals surface area (Å²) < 4.78 is 54.2. The molecule has 168 valence electrons. The number of likely N-dealkylation sites (tertiary alicyclic amines) is 1. The van der Waals surface area contributed by atoms with E-state index in [0.717, 1.165) is 37.9 Å². The number of benzene rings is 1. The minimum Gasteiger partial charge on any atom is -0.351 e. The standard InChI is InChI=1S/C20H28ClF2N3O3S/c1-3-10-30(28,29)26-12-20(13-26,16-6-4-5-9-25(16)2)11-24-19(27)17-14(22)7-8-15(23)18(17)21/h7-8,16H,3-6,9-13H2,1-2H3,(H,24,27). The Kier molecular flexibility index (Phi) is 7.06. The highest BCUT2D eigenvalue weighted by Crippen LogP contribution is 2.41. The Morgan fingerprint density at radius 1 is 1.27 bits per heavy atom. The van der Waals surface area contributed by atoms with Gasteiger partial charge in [0.2, 0.25) is 10.0 Å². The van der Waals surface area contributed by atoms with Crippen molar-refractivity contribution < 1.29 is 22.0 Å². The van der Waals surface area contributed by atoms with Crippen LogP contribution in [0.3, 0.4) is 0 Å². The van der Waals surface area contributed by atoms with Gasteiger partial charge in [-0.2, -0.15) is 0 Å². The summed E-state index contributed by atoms with van der Waals surface area (Å²) in [6.07, 6.45) is 3.51. The average Bonchev–Trinajstić information content (AvgIpc) is 2.65. The molecule has 0 radical (unpaired) electrons. The van der Waals surface area contributed by atoms with E-state index in [2.05, 4.69) is 10.2 Å². The summed E-state index contributed by atoms with van der Waals surface area (Å²) in [5.74, 6) is -2.49. The molecule has 6 nitrogen and oxygen atoms in total. The molecule has 3 rings (SSSR count). The average molecular weight is 464 g/mol. The molecule has 10 heteroatoms. The SMILES string of the molecule is CCCS(=O)(=O)N1CC(CNC(=O)c2c(F)ccc(F)c2Cl)(C2CCCCN2C)C1. The lowest BCUT2D eigenvalue weighted by atomic mass is 9.71. The Bertz CT molecular complexity index is 907. The number of carbonyl (C=O) groups excluding carboxylic acids is 1. The maximum absolute atomic E-state index is 14.1. The Morgan fingerprint density at radius 3 is 2.57 bits per heavy atom. The predicted octanol–water partition coefficient (Wildman–Crippen LogP) is 2.87. The van der Waals surface area contributed by atoms with Crippen LogP contribution in [0, 0.1) is 17.0 Å². The van der Waals surface area contributed by atoms with E-state index in [4.69, 9.17) is 11.6 Å². The highest BCUT2D eigenvalue weighted by Gasteiger charge is 2.53. The zero-order valence-electron chi connectivity index (χ0n) is 17.3. The van der Waals surface area contributed by atoms with Crippen molar-refractivity contribution in [3.05, 3.63) is 34.4 Å². The third-order valence-electron chi connectivity index (χ3n) is 6.19. The minimum absolute atomic E-state index is 0.0834. The second kappa shape index (κ2) is 9.06. The lowest BCUT2D eigenvalue weighted by Gasteiger charge is -2.56. The molecule has 30 heavy (non-hydrogen) atoms. The molecule has 1 atom stereocenters. The van der Waals surface area contributed by atoms with E-state index in [1.165, 1.54) is 4.31 Å². The van der Waals surface area contributed by atoms with Crippen LogP contribution in [0.5, 0.6) is 0 Å². The molecule has 0 aromatic heterocycles. The summed E-state index contributed by atoms with van der Waals surface area (Å²) in [6.45, 7) is 3.46. The van der Waals surface area contributed by atoms with Crippen LogP contribution in [0.4, 0.5) is 8.78 Å². The molecule has 0 aliphatic carbocycles. The van der Waals surface area contributed by atoms with Gasteiger partial charge in [-0.05, 0) is 45.0 Å². The van der Waals surface area contributed by atoms with E-state index >= 15 is 0 Å². The molecule has 0 bridgehead atoms. The van der Waals surface area contributed by atoms with Crippen LogP contribution in [-0.4, -0.2) is 68.6 Å². The number of nitrogens with zero attached hydrogens (tertiary/aromatic N) is 2. The van der Waals surface area contributed by atoms with Crippen LogP contribution in [0.15, 0.2) is 12.1 Å². The number of carbonyl (C=O) groups is 1. The zero-order chi connectivity index (χ0) is 22.1. The highest BCUT2D eigenvalue weighted by atomic mass is 35.5. The normalized spacial score (nSPS) is 22.5. The molecule has 2 fully saturated rings. The molecule has 1 amide bonds. The minimum atomic E-state index is -3.34. The first kappa shape index (κ1) is 23.4. The Balaban J connectivity index is 1.79. The number of nitrogens with one attached hydrogen (secondary N) is 1. The van der Waals surface area contributed by atoms with E-state index in [0.29, 0.717) is 19.5 Å². The summed E-state index contributed by atoms with van der Waals surface area (Å²) >= 11 is 5.81. The largest absolute Gasteiger partial charge is 0.351 e. The van der Waals surface area contributed by atoms with E-state index in [9.17, 15) is 22.0 Å². The highest BCUT2D eigenvalue weighted by molar-refractivity contribution is 7.89. The molecule has 2 aliphatic heterocycles. The number of rotatable bonds is 7. The number of hydrogen-bond acceptors (Lipinski definition) is 4. The van der Waals surface area contributed by atoms with Crippen LogP contribution in [0.25, 0.3) is 0 Å². The number of piperidine rings is 1. The third kappa shape index (κ3) is 4.49. The van der Waals surface area contributed by atoms with Crippen LogP contribution < -0.4 is 5.32 Å². The van der Waals surface area contributed by atoms with Gasteiger partial charge in [0, 0.05) is 31.1 Å². The molecule has 2 heterocycles. The molecule has 0 saturated carbocycles. The Labute approximate surface area is 181 Å². The Hall–Kier alpha value is -1.29. The van der Waals surface area contributed by atoms with Crippen molar-refractivity contribution >= 4 is 27.5 Å². The summed E-state index contributed by atoms with van der Waals surface area (Å²) in [7, 11) is -1.34. The summed E-state index contributed by atoms with van der Waals surface area (Å²) in [6, 6.07) is 1.82.